The van der Waals surface area contributed by atoms with Crippen molar-refractivity contribution in [2.75, 3.05) is 0 Å². The van der Waals surface area contributed by atoms with Crippen molar-refractivity contribution in [2.45, 2.75) is 12.8 Å². The summed E-state index contributed by atoms with van der Waals surface area (Å²) in [6, 6.07) is 0. The van der Waals surface area contributed by atoms with Crippen molar-refractivity contribution in [1.29, 1.82) is 0 Å². The molecule has 0 radical (unpaired) electrons. The molecule has 1 aliphatic rings. The molecule has 0 aromatic carbocycles. The van der Waals surface area contributed by atoms with Crippen LogP contribution < -0.4 is 0 Å². The number of esters is 1. The number of carbonyl (C=O) groups excluding carboxylic acids is 1. The molecule has 2 nitrogen and oxygen atoms in total. The van der Waals surface area contributed by atoms with Crippen LogP contribution in [0.3, 0.4) is 0 Å². The van der Waals surface area contributed by atoms with Crippen LogP contribution in [0, 0.1) is 5.92 Å². The fraction of sp³-hybridized carbons (Fsp3) is 0.375. The van der Waals surface area contributed by atoms with Crippen molar-refractivity contribution >= 4 is 16.2 Å². The van der Waals surface area contributed by atoms with E-state index >= 15 is 0 Å². The van der Waals surface area contributed by atoms with Gasteiger partial charge in [0, 0.05) is 10.2 Å². The Labute approximate surface area is 70.4 Å². The molecule has 0 unspecified atom stereocenters. The summed E-state index contributed by atoms with van der Waals surface area (Å²) in [6.45, 7) is 6.69. The molecule has 0 spiro atoms. The van der Waals surface area contributed by atoms with E-state index in [0.29, 0.717) is 0 Å². The molecule has 0 aromatic rings. The lowest BCUT2D eigenvalue weighted by Gasteiger charge is -1.90. The first-order valence-corrected chi connectivity index (χ1v) is 4.80. The molecule has 0 aromatic heterocycles. The second-order valence-corrected chi connectivity index (χ2v) is 3.10. The van der Waals surface area contributed by atoms with Crippen molar-refractivity contribution in [3.63, 3.8) is 0 Å². The molecule has 0 aliphatic heterocycles. The van der Waals surface area contributed by atoms with Crippen molar-refractivity contribution in [2.24, 2.45) is 5.92 Å². The van der Waals surface area contributed by atoms with Crippen molar-refractivity contribution in [3.8, 4) is 0 Å². The second-order valence-electron chi connectivity index (χ2n) is 2.29. The Hall–Kier alpha value is -0.833. The summed E-state index contributed by atoms with van der Waals surface area (Å²) in [7, 11) is 1.13. The predicted octanol–water partition coefficient (Wildman–Crippen LogP) is 0.578. The van der Waals surface area contributed by atoms with Crippen LogP contribution in [0.1, 0.15) is 12.8 Å². The van der Waals surface area contributed by atoms with E-state index in [1.165, 1.54) is 6.26 Å². The minimum atomic E-state index is -0.125. The van der Waals surface area contributed by atoms with Crippen molar-refractivity contribution < 1.29 is 9.53 Å². The van der Waals surface area contributed by atoms with Crippen LogP contribution in [0.15, 0.2) is 25.1 Å². The average molecular weight is 170 g/mol. The van der Waals surface area contributed by atoms with E-state index in [9.17, 15) is 4.79 Å². The molecule has 1 fully saturated rings. The monoisotopic (exact) mass is 170 g/mol. The van der Waals surface area contributed by atoms with Gasteiger partial charge in [-0.25, -0.2) is 0 Å². The summed E-state index contributed by atoms with van der Waals surface area (Å²) in [4.78, 5) is 10.5. The van der Waals surface area contributed by atoms with Gasteiger partial charge in [0.15, 0.2) is 0 Å². The quantitative estimate of drug-likeness (QED) is 0.344. The normalized spacial score (nSPS) is 14.2. The fourth-order valence-electron chi connectivity index (χ4n) is 0.497. The molecular weight excluding hydrogens is 156 g/mol. The van der Waals surface area contributed by atoms with E-state index in [1.807, 2.05) is 5.70 Å². The molecule has 0 atom stereocenters. The molecule has 62 valence electrons. The molecule has 1 aliphatic carbocycles. The highest BCUT2D eigenvalue weighted by atomic mass is 28.1. The lowest BCUT2D eigenvalue weighted by molar-refractivity contribution is -0.139. The van der Waals surface area contributed by atoms with Gasteiger partial charge in [-0.05, 0) is 12.8 Å². The Bertz CT molecular complexity index is 150. The third-order valence-electron chi connectivity index (χ3n) is 1.11. The van der Waals surface area contributed by atoms with E-state index in [2.05, 4.69) is 17.9 Å². The summed E-state index contributed by atoms with van der Waals surface area (Å²) in [5.41, 5.74) is 1.89. The maximum absolute atomic E-state index is 10.5. The van der Waals surface area contributed by atoms with Crippen LogP contribution in [-0.4, -0.2) is 16.2 Å². The highest BCUT2D eigenvalue weighted by Gasteiger charge is 2.30. The Balaban J connectivity index is 0.000000292. The molecule has 3 heteroatoms. The minimum absolute atomic E-state index is 0.125. The lowest BCUT2D eigenvalue weighted by atomic mass is 10.4. The van der Waals surface area contributed by atoms with Crippen LogP contribution in [0.25, 0.3) is 0 Å². The zero-order valence-corrected chi connectivity index (χ0v) is 8.88. The molecule has 11 heavy (non-hydrogen) atoms. The van der Waals surface area contributed by atoms with Crippen molar-refractivity contribution in [1.82, 2.24) is 0 Å². The molecule has 1 rings (SSSR count). The van der Waals surface area contributed by atoms with Gasteiger partial charge in [-0.2, -0.15) is 0 Å². The van der Waals surface area contributed by atoms with Crippen LogP contribution in [0.2, 0.25) is 0 Å². The standard InChI is InChI=1S/C6H8O2.C2H6Si/c1-2-8-6(7)5-3-4-5;1-2-3/h2,5H,1,3-4H2;2H,1H2,3H3. The molecule has 1 saturated carbocycles. The van der Waals surface area contributed by atoms with Crippen LogP contribution in [0.4, 0.5) is 0 Å². The molecule has 0 amide bonds. The lowest BCUT2D eigenvalue weighted by Crippen LogP contribution is -2.00. The third kappa shape index (κ3) is 5.60. The first kappa shape index (κ1) is 10.2. The second kappa shape index (κ2) is 5.92. The van der Waals surface area contributed by atoms with Gasteiger partial charge in [-0.3, -0.25) is 4.79 Å². The van der Waals surface area contributed by atoms with Gasteiger partial charge < -0.3 is 4.74 Å². The molecule has 0 heterocycles. The molecule has 0 N–H and O–H groups in total. The highest BCUT2D eigenvalue weighted by molar-refractivity contribution is 6.16. The average Bonchev–Trinajstić information content (AvgIpc) is 2.70. The maximum atomic E-state index is 10.5. The number of carbonyl (C=O) groups is 1. The first-order chi connectivity index (χ1) is 5.26. The minimum Gasteiger partial charge on any atom is -0.435 e. The first-order valence-electron chi connectivity index (χ1n) is 3.64. The smallest absolute Gasteiger partial charge is 0.313 e. The van der Waals surface area contributed by atoms with Gasteiger partial charge in [-0.15, -0.1) is 12.3 Å². The SMILES string of the molecule is C=COC(=O)C1CC1.C=C[SiH3]. The predicted molar refractivity (Wildman–Crippen MR) is 49.1 cm³/mol. The zero-order valence-electron chi connectivity index (χ0n) is 6.88. The number of hydrogen-bond acceptors (Lipinski definition) is 2. The third-order valence-corrected chi connectivity index (χ3v) is 1.11. The van der Waals surface area contributed by atoms with E-state index in [-0.39, 0.29) is 11.9 Å². The van der Waals surface area contributed by atoms with Gasteiger partial charge in [0.05, 0.1) is 12.2 Å². The molecule has 0 bridgehead atoms. The zero-order chi connectivity index (χ0) is 8.69. The summed E-state index contributed by atoms with van der Waals surface area (Å²) in [6.07, 6.45) is 3.17. The summed E-state index contributed by atoms with van der Waals surface area (Å²) in [5, 5.41) is 0. The van der Waals surface area contributed by atoms with Gasteiger partial charge in [-0.1, -0.05) is 6.58 Å². The van der Waals surface area contributed by atoms with E-state index in [0.717, 1.165) is 23.1 Å². The number of ether oxygens (including phenoxy) is 1. The summed E-state index contributed by atoms with van der Waals surface area (Å²) >= 11 is 0. The highest BCUT2D eigenvalue weighted by Crippen LogP contribution is 2.29. The van der Waals surface area contributed by atoms with E-state index in [1.54, 1.807) is 0 Å². The van der Waals surface area contributed by atoms with Gasteiger partial charge in [0.2, 0.25) is 0 Å². The Kier molecular flexibility index (Phi) is 5.47. The van der Waals surface area contributed by atoms with Crippen LogP contribution in [0.5, 0.6) is 0 Å². The summed E-state index contributed by atoms with van der Waals surface area (Å²) in [5.74, 6) is 0.0630. The van der Waals surface area contributed by atoms with E-state index in [4.69, 9.17) is 0 Å². The van der Waals surface area contributed by atoms with Crippen molar-refractivity contribution in [3.05, 3.63) is 25.1 Å². The Morgan fingerprint density at radius 3 is 2.27 bits per heavy atom. The van der Waals surface area contributed by atoms with Gasteiger partial charge >= 0.3 is 5.97 Å². The van der Waals surface area contributed by atoms with E-state index < -0.39 is 0 Å². The topological polar surface area (TPSA) is 26.3 Å². The molecule has 0 saturated heterocycles. The number of hydrogen-bond donors (Lipinski definition) is 0. The van der Waals surface area contributed by atoms with Gasteiger partial charge in [0.25, 0.3) is 0 Å². The molecular formula is C8H14O2Si. The number of rotatable bonds is 2. The largest absolute Gasteiger partial charge is 0.435 e. The Morgan fingerprint density at radius 1 is 1.55 bits per heavy atom. The summed E-state index contributed by atoms with van der Waals surface area (Å²) < 4.78 is 4.49. The van der Waals surface area contributed by atoms with Crippen LogP contribution >= 0.6 is 0 Å². The maximum Gasteiger partial charge on any atom is 0.313 e. The van der Waals surface area contributed by atoms with Crippen LogP contribution in [-0.2, 0) is 9.53 Å². The Morgan fingerprint density at radius 2 is 2.00 bits per heavy atom. The van der Waals surface area contributed by atoms with Gasteiger partial charge in [0.1, 0.15) is 0 Å². The fourth-order valence-corrected chi connectivity index (χ4v) is 0.497.